The molecule has 14 heavy (non-hydrogen) atoms. The minimum Gasteiger partial charge on any atom is -0.310 e. The average molecular weight is 196 g/mol. The summed E-state index contributed by atoms with van der Waals surface area (Å²) in [6.07, 6.45) is 6.76. The molecule has 1 heterocycles. The van der Waals surface area contributed by atoms with Crippen LogP contribution < -0.4 is 10.6 Å². The first-order valence-electron chi connectivity index (χ1n) is 6.11. The molecule has 1 aliphatic heterocycles. The lowest BCUT2D eigenvalue weighted by Crippen LogP contribution is -2.52. The molecule has 2 N–H and O–H groups in total. The van der Waals surface area contributed by atoms with Gasteiger partial charge in [-0.1, -0.05) is 12.8 Å². The van der Waals surface area contributed by atoms with Gasteiger partial charge in [-0.05, 0) is 40.0 Å². The first-order valence-corrected chi connectivity index (χ1v) is 6.11. The van der Waals surface area contributed by atoms with E-state index in [1.807, 2.05) is 0 Å². The van der Waals surface area contributed by atoms with Crippen molar-refractivity contribution in [1.82, 2.24) is 10.6 Å². The van der Waals surface area contributed by atoms with Crippen LogP contribution in [0.4, 0.5) is 0 Å². The Morgan fingerprint density at radius 1 is 1.07 bits per heavy atom. The van der Waals surface area contributed by atoms with E-state index >= 15 is 0 Å². The molecule has 3 atom stereocenters. The monoisotopic (exact) mass is 196 g/mol. The van der Waals surface area contributed by atoms with E-state index in [9.17, 15) is 0 Å². The zero-order chi connectivity index (χ0) is 10.2. The fourth-order valence-electron chi connectivity index (χ4n) is 3.25. The zero-order valence-corrected chi connectivity index (χ0v) is 9.77. The van der Waals surface area contributed by atoms with Gasteiger partial charge in [0.1, 0.15) is 0 Å². The standard InChI is InChI=1S/C12H24N2/c1-9-8-12(2,3)14-11-7-5-4-6-10(11)13-9/h9-11,13-14H,4-8H2,1-3H3/t9?,10-,11-/m1/s1. The van der Waals surface area contributed by atoms with Crippen LogP contribution >= 0.6 is 0 Å². The first kappa shape index (κ1) is 10.4. The quantitative estimate of drug-likeness (QED) is 0.619. The lowest BCUT2D eigenvalue weighted by Gasteiger charge is -2.35. The minimum atomic E-state index is 0.309. The third-order valence-electron chi connectivity index (χ3n) is 3.66. The second-order valence-corrected chi connectivity index (χ2v) is 5.80. The Morgan fingerprint density at radius 3 is 2.43 bits per heavy atom. The van der Waals surface area contributed by atoms with Crippen molar-refractivity contribution < 1.29 is 0 Å². The smallest absolute Gasteiger partial charge is 0.0226 e. The maximum atomic E-state index is 3.83. The van der Waals surface area contributed by atoms with E-state index in [0.717, 1.165) is 6.04 Å². The molecule has 2 heteroatoms. The summed E-state index contributed by atoms with van der Waals surface area (Å²) in [4.78, 5) is 0. The normalized spacial score (nSPS) is 42.6. The van der Waals surface area contributed by atoms with Gasteiger partial charge in [-0.2, -0.15) is 0 Å². The maximum absolute atomic E-state index is 3.83. The third-order valence-corrected chi connectivity index (χ3v) is 3.66. The highest BCUT2D eigenvalue weighted by molar-refractivity contribution is 4.97. The topological polar surface area (TPSA) is 24.1 Å². The fourth-order valence-corrected chi connectivity index (χ4v) is 3.25. The van der Waals surface area contributed by atoms with Crippen LogP contribution in [0.1, 0.15) is 52.9 Å². The predicted octanol–water partition coefficient (Wildman–Crippen LogP) is 2.05. The summed E-state index contributed by atoms with van der Waals surface area (Å²) in [5.74, 6) is 0. The molecule has 0 aromatic heterocycles. The molecule has 0 bridgehead atoms. The molecule has 0 amide bonds. The van der Waals surface area contributed by atoms with Crippen LogP contribution in [0.3, 0.4) is 0 Å². The van der Waals surface area contributed by atoms with E-state index in [1.54, 1.807) is 0 Å². The second kappa shape index (κ2) is 3.82. The number of fused-ring (bicyclic) bond motifs is 1. The van der Waals surface area contributed by atoms with Crippen molar-refractivity contribution in [2.45, 2.75) is 76.5 Å². The van der Waals surface area contributed by atoms with Gasteiger partial charge in [0.15, 0.2) is 0 Å². The molecule has 1 saturated heterocycles. The van der Waals surface area contributed by atoms with Crippen molar-refractivity contribution in [3.05, 3.63) is 0 Å². The van der Waals surface area contributed by atoms with Crippen molar-refractivity contribution >= 4 is 0 Å². The highest BCUT2D eigenvalue weighted by Gasteiger charge is 2.35. The molecule has 2 fully saturated rings. The Hall–Kier alpha value is -0.0800. The molecule has 2 aliphatic rings. The molecule has 1 aliphatic carbocycles. The molecule has 0 spiro atoms. The summed E-state index contributed by atoms with van der Waals surface area (Å²) in [5.41, 5.74) is 0.309. The van der Waals surface area contributed by atoms with Crippen molar-refractivity contribution in [2.24, 2.45) is 0 Å². The summed E-state index contributed by atoms with van der Waals surface area (Å²) in [7, 11) is 0. The third kappa shape index (κ3) is 2.29. The highest BCUT2D eigenvalue weighted by Crippen LogP contribution is 2.26. The minimum absolute atomic E-state index is 0.309. The van der Waals surface area contributed by atoms with E-state index in [-0.39, 0.29) is 0 Å². The van der Waals surface area contributed by atoms with Crippen LogP contribution in [0, 0.1) is 0 Å². The van der Waals surface area contributed by atoms with Crippen molar-refractivity contribution in [3.8, 4) is 0 Å². The van der Waals surface area contributed by atoms with Gasteiger partial charge in [-0.15, -0.1) is 0 Å². The molecule has 1 unspecified atom stereocenters. The van der Waals surface area contributed by atoms with Crippen LogP contribution in [-0.4, -0.2) is 23.7 Å². The van der Waals surface area contributed by atoms with Gasteiger partial charge in [0, 0.05) is 23.7 Å². The molecule has 1 saturated carbocycles. The van der Waals surface area contributed by atoms with Gasteiger partial charge in [0.05, 0.1) is 0 Å². The Balaban J connectivity index is 2.08. The van der Waals surface area contributed by atoms with Gasteiger partial charge in [-0.3, -0.25) is 0 Å². The molecular formula is C12H24N2. The molecule has 2 nitrogen and oxygen atoms in total. The first-order chi connectivity index (χ1) is 6.57. The summed E-state index contributed by atoms with van der Waals surface area (Å²) >= 11 is 0. The molecule has 82 valence electrons. The molecule has 2 rings (SSSR count). The molecule has 0 radical (unpaired) electrons. The number of hydrogen-bond donors (Lipinski definition) is 2. The fraction of sp³-hybridized carbons (Fsp3) is 1.00. The summed E-state index contributed by atoms with van der Waals surface area (Å²) in [5, 5.41) is 7.60. The van der Waals surface area contributed by atoms with E-state index in [4.69, 9.17) is 0 Å². The number of rotatable bonds is 0. The zero-order valence-electron chi connectivity index (χ0n) is 9.77. The number of hydrogen-bond acceptors (Lipinski definition) is 2. The second-order valence-electron chi connectivity index (χ2n) is 5.80. The SMILES string of the molecule is CC1CC(C)(C)N[C@@H]2CCCC[C@H]2N1. The lowest BCUT2D eigenvalue weighted by atomic mass is 9.89. The lowest BCUT2D eigenvalue weighted by molar-refractivity contribution is 0.263. The van der Waals surface area contributed by atoms with Crippen molar-refractivity contribution in [3.63, 3.8) is 0 Å². The molecular weight excluding hydrogens is 172 g/mol. The Kier molecular flexibility index (Phi) is 2.85. The van der Waals surface area contributed by atoms with E-state index in [1.165, 1.54) is 32.1 Å². The van der Waals surface area contributed by atoms with Crippen molar-refractivity contribution in [2.75, 3.05) is 0 Å². The summed E-state index contributed by atoms with van der Waals surface area (Å²) < 4.78 is 0. The largest absolute Gasteiger partial charge is 0.310 e. The summed E-state index contributed by atoms with van der Waals surface area (Å²) in [6, 6.07) is 2.09. The predicted molar refractivity (Wildman–Crippen MR) is 60.5 cm³/mol. The number of nitrogens with one attached hydrogen (secondary N) is 2. The summed E-state index contributed by atoms with van der Waals surface area (Å²) in [6.45, 7) is 6.99. The van der Waals surface area contributed by atoms with Gasteiger partial charge in [0.25, 0.3) is 0 Å². The van der Waals surface area contributed by atoms with Crippen LogP contribution in [-0.2, 0) is 0 Å². The van der Waals surface area contributed by atoms with Crippen LogP contribution in [0.25, 0.3) is 0 Å². The van der Waals surface area contributed by atoms with E-state index in [0.29, 0.717) is 17.6 Å². The Morgan fingerprint density at radius 2 is 1.71 bits per heavy atom. The van der Waals surface area contributed by atoms with Crippen LogP contribution in [0.5, 0.6) is 0 Å². The maximum Gasteiger partial charge on any atom is 0.0226 e. The highest BCUT2D eigenvalue weighted by atomic mass is 15.1. The van der Waals surface area contributed by atoms with Gasteiger partial charge >= 0.3 is 0 Å². The van der Waals surface area contributed by atoms with Crippen LogP contribution in [0.15, 0.2) is 0 Å². The van der Waals surface area contributed by atoms with E-state index in [2.05, 4.69) is 31.4 Å². The average Bonchev–Trinajstić information content (AvgIpc) is 2.16. The van der Waals surface area contributed by atoms with Crippen molar-refractivity contribution in [1.29, 1.82) is 0 Å². The van der Waals surface area contributed by atoms with Gasteiger partial charge in [0.2, 0.25) is 0 Å². The van der Waals surface area contributed by atoms with Gasteiger partial charge in [-0.25, -0.2) is 0 Å². The Labute approximate surface area is 87.8 Å². The van der Waals surface area contributed by atoms with Gasteiger partial charge < -0.3 is 10.6 Å². The van der Waals surface area contributed by atoms with E-state index < -0.39 is 0 Å². The van der Waals surface area contributed by atoms with Crippen LogP contribution in [0.2, 0.25) is 0 Å². The molecule has 0 aromatic carbocycles. The molecule has 0 aromatic rings. The Bertz CT molecular complexity index is 200.